The smallest absolute Gasteiger partial charge is 0.251 e. The van der Waals surface area contributed by atoms with E-state index in [2.05, 4.69) is 15.7 Å². The number of aryl methyl sites for hydroxylation is 2. The molecular formula is C13H17N5O. The number of nitrogens with two attached hydrogens (primary N) is 1. The second kappa shape index (κ2) is 5.01. The highest BCUT2D eigenvalue weighted by molar-refractivity contribution is 5.96. The number of amides is 1. The van der Waals surface area contributed by atoms with Crippen molar-refractivity contribution < 1.29 is 4.79 Å². The van der Waals surface area contributed by atoms with Gasteiger partial charge in [-0.3, -0.25) is 9.48 Å². The molecule has 0 saturated heterocycles. The Hall–Kier alpha value is -2.50. The fraction of sp³-hybridized carbons (Fsp3) is 0.231. The summed E-state index contributed by atoms with van der Waals surface area (Å²) >= 11 is 0. The summed E-state index contributed by atoms with van der Waals surface area (Å²) in [5.74, 6) is -0.147. The topological polar surface area (TPSA) is 85.0 Å². The first-order valence-corrected chi connectivity index (χ1v) is 5.90. The molecule has 0 aliphatic rings. The predicted octanol–water partition coefficient (Wildman–Crippen LogP) is 1.41. The Morgan fingerprint density at radius 3 is 2.68 bits per heavy atom. The molecule has 0 radical (unpaired) electrons. The number of nitrogens with zero attached hydrogens (tertiary/aromatic N) is 2. The molecular weight excluding hydrogens is 242 g/mol. The molecule has 6 heteroatoms. The van der Waals surface area contributed by atoms with Gasteiger partial charge in [0.15, 0.2) is 0 Å². The van der Waals surface area contributed by atoms with Crippen molar-refractivity contribution in [1.82, 2.24) is 15.1 Å². The highest BCUT2D eigenvalue weighted by atomic mass is 16.1. The number of anilines is 3. The van der Waals surface area contributed by atoms with E-state index in [1.807, 2.05) is 20.2 Å². The van der Waals surface area contributed by atoms with E-state index in [9.17, 15) is 4.79 Å². The van der Waals surface area contributed by atoms with Gasteiger partial charge in [0.2, 0.25) is 0 Å². The van der Waals surface area contributed by atoms with Crippen LogP contribution in [-0.2, 0) is 7.05 Å². The molecule has 4 N–H and O–H groups in total. The van der Waals surface area contributed by atoms with Gasteiger partial charge in [0, 0.05) is 25.9 Å². The first-order chi connectivity index (χ1) is 9.01. The number of aromatic nitrogens is 2. The van der Waals surface area contributed by atoms with Crippen molar-refractivity contribution >= 4 is 23.0 Å². The lowest BCUT2D eigenvalue weighted by molar-refractivity contribution is 0.0963. The van der Waals surface area contributed by atoms with Crippen LogP contribution in [0.25, 0.3) is 0 Å². The van der Waals surface area contributed by atoms with E-state index < -0.39 is 0 Å². The number of nitrogen functional groups attached to an aromatic ring is 1. The third kappa shape index (κ3) is 2.67. The lowest BCUT2D eigenvalue weighted by Gasteiger charge is -2.10. The highest BCUT2D eigenvalue weighted by Crippen LogP contribution is 2.25. The fourth-order valence-corrected chi connectivity index (χ4v) is 1.82. The van der Waals surface area contributed by atoms with Gasteiger partial charge < -0.3 is 16.4 Å². The Bertz CT molecular complexity index is 617. The molecule has 19 heavy (non-hydrogen) atoms. The molecule has 6 nitrogen and oxygen atoms in total. The summed E-state index contributed by atoms with van der Waals surface area (Å²) in [6.07, 6.45) is 1.86. The lowest BCUT2D eigenvalue weighted by atomic mass is 10.1. The van der Waals surface area contributed by atoms with E-state index in [0.29, 0.717) is 16.9 Å². The maximum absolute atomic E-state index is 11.6. The Labute approximate surface area is 111 Å². The van der Waals surface area contributed by atoms with Gasteiger partial charge in [0.1, 0.15) is 0 Å². The normalized spacial score (nSPS) is 10.3. The number of nitrogens with one attached hydrogen (secondary N) is 2. The molecule has 0 saturated carbocycles. The van der Waals surface area contributed by atoms with Crippen molar-refractivity contribution in [3.8, 4) is 0 Å². The molecule has 0 atom stereocenters. The predicted molar refractivity (Wildman–Crippen MR) is 75.5 cm³/mol. The summed E-state index contributed by atoms with van der Waals surface area (Å²) in [7, 11) is 3.44. The van der Waals surface area contributed by atoms with Crippen molar-refractivity contribution in [1.29, 1.82) is 0 Å². The quantitative estimate of drug-likeness (QED) is 0.728. The molecule has 0 aliphatic heterocycles. The van der Waals surface area contributed by atoms with Crippen LogP contribution in [0.5, 0.6) is 0 Å². The molecule has 2 rings (SSSR count). The summed E-state index contributed by atoms with van der Waals surface area (Å²) in [6, 6.07) is 5.12. The SMILES string of the molecule is CNC(=O)c1ccc(N)c(Nc2cn(C)nc2C)c1. The molecule has 0 spiro atoms. The minimum Gasteiger partial charge on any atom is -0.397 e. The second-order valence-corrected chi connectivity index (χ2v) is 4.31. The zero-order valence-electron chi connectivity index (χ0n) is 11.2. The monoisotopic (exact) mass is 259 g/mol. The number of carbonyl (C=O) groups excluding carboxylic acids is 1. The van der Waals surface area contributed by atoms with Gasteiger partial charge in [-0.25, -0.2) is 0 Å². The van der Waals surface area contributed by atoms with Crippen molar-refractivity contribution in [2.24, 2.45) is 7.05 Å². The van der Waals surface area contributed by atoms with Gasteiger partial charge in [-0.15, -0.1) is 0 Å². The van der Waals surface area contributed by atoms with E-state index in [1.54, 1.807) is 29.9 Å². The van der Waals surface area contributed by atoms with E-state index in [0.717, 1.165) is 11.4 Å². The van der Waals surface area contributed by atoms with Crippen LogP contribution < -0.4 is 16.4 Å². The van der Waals surface area contributed by atoms with Crippen molar-refractivity contribution in [3.63, 3.8) is 0 Å². The van der Waals surface area contributed by atoms with Gasteiger partial charge in [-0.05, 0) is 25.1 Å². The number of hydrogen-bond acceptors (Lipinski definition) is 4. The zero-order valence-corrected chi connectivity index (χ0v) is 11.2. The largest absolute Gasteiger partial charge is 0.397 e. The van der Waals surface area contributed by atoms with Crippen LogP contribution in [0.1, 0.15) is 16.1 Å². The van der Waals surface area contributed by atoms with Gasteiger partial charge in [-0.2, -0.15) is 5.10 Å². The summed E-state index contributed by atoms with van der Waals surface area (Å²) in [5, 5.41) is 10.0. The molecule has 0 bridgehead atoms. The summed E-state index contributed by atoms with van der Waals surface area (Å²) in [4.78, 5) is 11.6. The number of carbonyl (C=O) groups is 1. The average Bonchev–Trinajstić information content (AvgIpc) is 2.69. The van der Waals surface area contributed by atoms with Gasteiger partial charge in [0.25, 0.3) is 5.91 Å². The summed E-state index contributed by atoms with van der Waals surface area (Å²) in [5.41, 5.74) is 9.47. The lowest BCUT2D eigenvalue weighted by Crippen LogP contribution is -2.18. The van der Waals surface area contributed by atoms with E-state index in [-0.39, 0.29) is 5.91 Å². The first-order valence-electron chi connectivity index (χ1n) is 5.90. The Morgan fingerprint density at radius 2 is 2.11 bits per heavy atom. The van der Waals surface area contributed by atoms with Crippen LogP contribution in [0.2, 0.25) is 0 Å². The van der Waals surface area contributed by atoms with Crippen LogP contribution >= 0.6 is 0 Å². The summed E-state index contributed by atoms with van der Waals surface area (Å²) in [6.45, 7) is 1.90. The van der Waals surface area contributed by atoms with Gasteiger partial charge in [-0.1, -0.05) is 0 Å². The molecule has 1 aromatic heterocycles. The standard InChI is InChI=1S/C13H17N5O/c1-8-12(7-18(3)17-8)16-11-6-9(13(19)15-2)4-5-10(11)14/h4-7,16H,14H2,1-3H3,(H,15,19). The first kappa shape index (κ1) is 12.9. The number of benzene rings is 1. The number of hydrogen-bond donors (Lipinski definition) is 3. The Kier molecular flexibility index (Phi) is 3.41. The molecule has 100 valence electrons. The third-order valence-corrected chi connectivity index (χ3v) is 2.83. The second-order valence-electron chi connectivity index (χ2n) is 4.31. The third-order valence-electron chi connectivity index (χ3n) is 2.83. The molecule has 0 unspecified atom stereocenters. The number of rotatable bonds is 3. The fourth-order valence-electron chi connectivity index (χ4n) is 1.82. The van der Waals surface area contributed by atoms with Crippen LogP contribution in [-0.4, -0.2) is 22.7 Å². The van der Waals surface area contributed by atoms with Crippen molar-refractivity contribution in [2.75, 3.05) is 18.1 Å². The highest BCUT2D eigenvalue weighted by Gasteiger charge is 2.09. The zero-order chi connectivity index (χ0) is 14.0. The molecule has 1 aromatic carbocycles. The minimum atomic E-state index is -0.147. The minimum absolute atomic E-state index is 0.147. The van der Waals surface area contributed by atoms with E-state index >= 15 is 0 Å². The molecule has 0 aliphatic carbocycles. The van der Waals surface area contributed by atoms with Crippen LogP contribution in [0.15, 0.2) is 24.4 Å². The maximum Gasteiger partial charge on any atom is 0.251 e. The van der Waals surface area contributed by atoms with Crippen LogP contribution in [0.3, 0.4) is 0 Å². The van der Waals surface area contributed by atoms with Gasteiger partial charge in [0.05, 0.1) is 22.8 Å². The molecule has 0 fully saturated rings. The Morgan fingerprint density at radius 1 is 1.37 bits per heavy atom. The van der Waals surface area contributed by atoms with E-state index in [1.165, 1.54) is 0 Å². The average molecular weight is 259 g/mol. The van der Waals surface area contributed by atoms with Crippen LogP contribution in [0, 0.1) is 6.92 Å². The Balaban J connectivity index is 2.34. The van der Waals surface area contributed by atoms with Crippen LogP contribution in [0.4, 0.5) is 17.1 Å². The van der Waals surface area contributed by atoms with Crippen molar-refractivity contribution in [3.05, 3.63) is 35.7 Å². The molecule has 1 heterocycles. The maximum atomic E-state index is 11.6. The van der Waals surface area contributed by atoms with E-state index in [4.69, 9.17) is 5.73 Å². The molecule has 1 amide bonds. The summed E-state index contributed by atoms with van der Waals surface area (Å²) < 4.78 is 1.72. The molecule has 2 aromatic rings. The van der Waals surface area contributed by atoms with Gasteiger partial charge >= 0.3 is 0 Å². The van der Waals surface area contributed by atoms with Crippen molar-refractivity contribution in [2.45, 2.75) is 6.92 Å².